The molecule has 1 atom stereocenters. The van der Waals surface area contributed by atoms with Gasteiger partial charge in [-0.15, -0.1) is 0 Å². The summed E-state index contributed by atoms with van der Waals surface area (Å²) in [5.74, 6) is -0.461. The molecule has 0 spiro atoms. The van der Waals surface area contributed by atoms with Crippen molar-refractivity contribution in [2.45, 2.75) is 33.1 Å². The maximum absolute atomic E-state index is 12.2. The van der Waals surface area contributed by atoms with E-state index in [1.54, 1.807) is 13.1 Å². The average Bonchev–Trinajstić information content (AvgIpc) is 2.98. The van der Waals surface area contributed by atoms with Crippen LogP contribution < -0.4 is 0 Å². The molecule has 1 aromatic carbocycles. The first-order valence-corrected chi connectivity index (χ1v) is 8.20. The van der Waals surface area contributed by atoms with Gasteiger partial charge in [0.2, 0.25) is 0 Å². The van der Waals surface area contributed by atoms with Gasteiger partial charge in [0.25, 0.3) is 0 Å². The Balaban J connectivity index is 2.23. The van der Waals surface area contributed by atoms with E-state index in [-0.39, 0.29) is 6.61 Å². The van der Waals surface area contributed by atoms with Gasteiger partial charge in [-0.3, -0.25) is 4.99 Å². The molecular formula is C18H24N2O4. The number of H-pyrrole nitrogens is 1. The standard InChI is InChI=1S/C18H24N2O4/c1-4-22-17(21)16(18(23-5-2)24-6-3)19-12-14-11-13-9-7-8-10-15(13)20-14/h7-12,16,18,20H,4-6H2,1-3H3/b19-12-. The van der Waals surface area contributed by atoms with Gasteiger partial charge in [-0.2, -0.15) is 0 Å². The molecule has 2 aromatic rings. The fraction of sp³-hybridized carbons (Fsp3) is 0.444. The van der Waals surface area contributed by atoms with Crippen molar-refractivity contribution in [3.05, 3.63) is 36.0 Å². The molecule has 0 saturated carbocycles. The quantitative estimate of drug-likeness (QED) is 0.435. The third kappa shape index (κ3) is 4.66. The van der Waals surface area contributed by atoms with E-state index in [1.807, 2.05) is 44.2 Å². The third-order valence-corrected chi connectivity index (χ3v) is 3.37. The number of nitrogens with one attached hydrogen (secondary N) is 1. The van der Waals surface area contributed by atoms with Crippen LogP contribution in [0.2, 0.25) is 0 Å². The van der Waals surface area contributed by atoms with Crippen LogP contribution in [0.1, 0.15) is 26.5 Å². The number of fused-ring (bicyclic) bond motifs is 1. The SMILES string of the molecule is CCOC(=O)C(/N=C\c1cc2ccccc2[nH]1)C(OCC)OCC. The molecule has 24 heavy (non-hydrogen) atoms. The second kappa shape index (κ2) is 9.20. The Labute approximate surface area is 141 Å². The number of hydrogen-bond donors (Lipinski definition) is 1. The molecule has 0 bridgehead atoms. The van der Waals surface area contributed by atoms with Crippen LogP contribution >= 0.6 is 0 Å². The number of carbonyl (C=O) groups is 1. The molecule has 0 saturated heterocycles. The summed E-state index contributed by atoms with van der Waals surface area (Å²) in [4.78, 5) is 19.8. The number of carbonyl (C=O) groups excluding carboxylic acids is 1. The van der Waals surface area contributed by atoms with Gasteiger partial charge < -0.3 is 19.2 Å². The van der Waals surface area contributed by atoms with Crippen LogP contribution in [0.3, 0.4) is 0 Å². The topological polar surface area (TPSA) is 72.9 Å². The average molecular weight is 332 g/mol. The maximum atomic E-state index is 12.2. The van der Waals surface area contributed by atoms with E-state index in [0.29, 0.717) is 13.2 Å². The summed E-state index contributed by atoms with van der Waals surface area (Å²) in [6.07, 6.45) is 0.853. The molecule has 0 aliphatic rings. The highest BCUT2D eigenvalue weighted by molar-refractivity contribution is 5.90. The minimum Gasteiger partial charge on any atom is -0.464 e. The zero-order chi connectivity index (χ0) is 17.4. The largest absolute Gasteiger partial charge is 0.464 e. The Hall–Kier alpha value is -2.18. The van der Waals surface area contributed by atoms with Crippen LogP contribution in [0.15, 0.2) is 35.3 Å². The number of rotatable bonds is 9. The Morgan fingerprint density at radius 1 is 1.17 bits per heavy atom. The molecule has 1 aromatic heterocycles. The minimum absolute atomic E-state index is 0.280. The fourth-order valence-electron chi connectivity index (χ4n) is 2.35. The molecule has 6 heteroatoms. The van der Waals surface area contributed by atoms with Crippen molar-refractivity contribution >= 4 is 23.1 Å². The van der Waals surface area contributed by atoms with Crippen LogP contribution in [-0.2, 0) is 19.0 Å². The summed E-state index contributed by atoms with van der Waals surface area (Å²) in [6, 6.07) is 9.03. The first kappa shape index (κ1) is 18.2. The second-order valence-corrected chi connectivity index (χ2v) is 5.07. The predicted molar refractivity (Wildman–Crippen MR) is 93.4 cm³/mol. The maximum Gasteiger partial charge on any atom is 0.336 e. The monoisotopic (exact) mass is 332 g/mol. The Kier molecular flexibility index (Phi) is 6.96. The molecule has 1 unspecified atom stereocenters. The molecule has 0 fully saturated rings. The van der Waals surface area contributed by atoms with Gasteiger partial charge in [-0.25, -0.2) is 4.79 Å². The van der Waals surface area contributed by atoms with Crippen molar-refractivity contribution in [3.63, 3.8) is 0 Å². The van der Waals surface area contributed by atoms with Crippen molar-refractivity contribution in [3.8, 4) is 0 Å². The van der Waals surface area contributed by atoms with Crippen molar-refractivity contribution < 1.29 is 19.0 Å². The normalized spacial score (nSPS) is 13.0. The number of aromatic nitrogens is 1. The molecule has 2 rings (SSSR count). The van der Waals surface area contributed by atoms with E-state index in [2.05, 4.69) is 9.98 Å². The smallest absolute Gasteiger partial charge is 0.336 e. The molecule has 0 aliphatic carbocycles. The van der Waals surface area contributed by atoms with Crippen LogP contribution in [-0.4, -0.2) is 49.3 Å². The molecule has 0 radical (unpaired) electrons. The lowest BCUT2D eigenvalue weighted by Crippen LogP contribution is -2.38. The summed E-state index contributed by atoms with van der Waals surface area (Å²) in [5.41, 5.74) is 1.81. The first-order chi connectivity index (χ1) is 11.7. The highest BCUT2D eigenvalue weighted by Crippen LogP contribution is 2.14. The van der Waals surface area contributed by atoms with Gasteiger partial charge in [0, 0.05) is 30.3 Å². The van der Waals surface area contributed by atoms with Gasteiger partial charge >= 0.3 is 5.97 Å². The Bertz CT molecular complexity index is 641. The number of aliphatic imine (C=N–C) groups is 1. The lowest BCUT2D eigenvalue weighted by molar-refractivity contribution is -0.174. The zero-order valence-corrected chi connectivity index (χ0v) is 14.3. The van der Waals surface area contributed by atoms with Crippen molar-refractivity contribution in [1.82, 2.24) is 4.98 Å². The Morgan fingerprint density at radius 3 is 2.50 bits per heavy atom. The van der Waals surface area contributed by atoms with Crippen molar-refractivity contribution in [1.29, 1.82) is 0 Å². The number of nitrogens with zero attached hydrogens (tertiary/aromatic N) is 1. The van der Waals surface area contributed by atoms with Crippen molar-refractivity contribution in [2.24, 2.45) is 4.99 Å². The molecule has 1 heterocycles. The van der Waals surface area contributed by atoms with Crippen LogP contribution in [0, 0.1) is 0 Å². The summed E-state index contributed by atoms with van der Waals surface area (Å²) in [7, 11) is 0. The number of para-hydroxylation sites is 1. The van der Waals surface area contributed by atoms with Crippen LogP contribution in [0.4, 0.5) is 0 Å². The minimum atomic E-state index is -0.865. The first-order valence-electron chi connectivity index (χ1n) is 8.20. The number of benzene rings is 1. The molecular weight excluding hydrogens is 308 g/mol. The van der Waals surface area contributed by atoms with Crippen LogP contribution in [0.5, 0.6) is 0 Å². The predicted octanol–water partition coefficient (Wildman–Crippen LogP) is 2.92. The summed E-state index contributed by atoms with van der Waals surface area (Å²) < 4.78 is 16.1. The molecule has 1 N–H and O–H groups in total. The molecule has 130 valence electrons. The highest BCUT2D eigenvalue weighted by atomic mass is 16.7. The van der Waals surface area contributed by atoms with Crippen LogP contribution in [0.25, 0.3) is 10.9 Å². The van der Waals surface area contributed by atoms with E-state index in [9.17, 15) is 4.79 Å². The van der Waals surface area contributed by atoms with Gasteiger partial charge in [0.15, 0.2) is 12.3 Å². The second-order valence-electron chi connectivity index (χ2n) is 5.07. The van der Waals surface area contributed by atoms with E-state index in [1.165, 1.54) is 0 Å². The van der Waals surface area contributed by atoms with Gasteiger partial charge in [-0.1, -0.05) is 18.2 Å². The Morgan fingerprint density at radius 2 is 1.88 bits per heavy atom. The lowest BCUT2D eigenvalue weighted by atomic mass is 10.2. The molecule has 6 nitrogen and oxygen atoms in total. The summed E-state index contributed by atoms with van der Waals surface area (Å²) >= 11 is 0. The van der Waals surface area contributed by atoms with E-state index < -0.39 is 18.3 Å². The molecule has 0 aliphatic heterocycles. The third-order valence-electron chi connectivity index (χ3n) is 3.37. The van der Waals surface area contributed by atoms with Gasteiger partial charge in [-0.05, 0) is 32.9 Å². The highest BCUT2D eigenvalue weighted by Gasteiger charge is 2.30. The van der Waals surface area contributed by atoms with Gasteiger partial charge in [0.05, 0.1) is 12.3 Å². The number of hydrogen-bond acceptors (Lipinski definition) is 5. The number of aromatic amines is 1. The summed E-state index contributed by atoms with van der Waals surface area (Å²) in [6.45, 7) is 6.56. The zero-order valence-electron chi connectivity index (χ0n) is 14.3. The lowest BCUT2D eigenvalue weighted by Gasteiger charge is -2.22. The van der Waals surface area contributed by atoms with E-state index in [4.69, 9.17) is 14.2 Å². The molecule has 0 amide bonds. The fourth-order valence-corrected chi connectivity index (χ4v) is 2.35. The van der Waals surface area contributed by atoms with E-state index in [0.717, 1.165) is 16.6 Å². The van der Waals surface area contributed by atoms with Gasteiger partial charge in [0.1, 0.15) is 0 Å². The summed E-state index contributed by atoms with van der Waals surface area (Å²) in [5, 5.41) is 1.08. The number of esters is 1. The van der Waals surface area contributed by atoms with Crippen molar-refractivity contribution in [2.75, 3.05) is 19.8 Å². The van der Waals surface area contributed by atoms with E-state index >= 15 is 0 Å². The number of ether oxygens (including phenoxy) is 3.